The molecular weight excluding hydrogens is 278 g/mol. The number of benzene rings is 1. The molecule has 1 unspecified atom stereocenters. The first-order valence-electron chi connectivity index (χ1n) is 7.47. The van der Waals surface area contributed by atoms with Crippen molar-refractivity contribution in [3.8, 4) is 5.75 Å². The van der Waals surface area contributed by atoms with Gasteiger partial charge in [-0.3, -0.25) is 9.69 Å². The van der Waals surface area contributed by atoms with E-state index in [0.717, 1.165) is 23.4 Å². The number of hydrogen-bond donors (Lipinski definition) is 1. The summed E-state index contributed by atoms with van der Waals surface area (Å²) in [6.07, 6.45) is 4.17. The van der Waals surface area contributed by atoms with Crippen LogP contribution in [0.3, 0.4) is 0 Å². The van der Waals surface area contributed by atoms with E-state index in [2.05, 4.69) is 34.8 Å². The monoisotopic (exact) mass is 297 g/mol. The number of nitrogens with two attached hydrogens (primary N) is 1. The molecule has 4 rings (SSSR count). The van der Waals surface area contributed by atoms with Gasteiger partial charge in [0.15, 0.2) is 0 Å². The van der Waals surface area contributed by atoms with Gasteiger partial charge in [0.1, 0.15) is 5.75 Å². The maximum atomic E-state index is 11.7. The normalized spacial score (nSPS) is 24.0. The van der Waals surface area contributed by atoms with Gasteiger partial charge in [-0.2, -0.15) is 0 Å². The lowest BCUT2D eigenvalue weighted by molar-refractivity contribution is -0.121. The number of carbonyl (C=O) groups is 1. The average Bonchev–Trinajstić information content (AvgIpc) is 2.92. The Morgan fingerprint density at radius 3 is 2.86 bits per heavy atom. The number of likely N-dealkylation sites (N-methyl/N-ethyl adjacent to an activating group) is 1. The molecule has 0 bridgehead atoms. The van der Waals surface area contributed by atoms with Crippen LogP contribution in [0.4, 0.5) is 0 Å². The summed E-state index contributed by atoms with van der Waals surface area (Å²) in [5, 5.41) is 1.19. The zero-order valence-electron chi connectivity index (χ0n) is 12.7. The molecule has 1 aromatic carbocycles. The zero-order chi connectivity index (χ0) is 15.4. The maximum absolute atomic E-state index is 11.7. The van der Waals surface area contributed by atoms with Crippen LogP contribution in [0, 0.1) is 5.92 Å². The Hall–Kier alpha value is -2.27. The fraction of sp³-hybridized carbons (Fsp3) is 0.353. The number of rotatable bonds is 2. The predicted octanol–water partition coefficient (Wildman–Crippen LogP) is 1.46. The van der Waals surface area contributed by atoms with Gasteiger partial charge in [0.05, 0.1) is 24.6 Å². The van der Waals surface area contributed by atoms with E-state index in [0.29, 0.717) is 6.54 Å². The highest BCUT2D eigenvalue weighted by atomic mass is 16.5. The number of hydrogen-bond acceptors (Lipinski definition) is 3. The molecule has 2 aliphatic heterocycles. The van der Waals surface area contributed by atoms with Crippen LogP contribution in [0.25, 0.3) is 16.5 Å². The molecule has 0 saturated heterocycles. The molecule has 114 valence electrons. The summed E-state index contributed by atoms with van der Waals surface area (Å²) < 4.78 is 7.87. The van der Waals surface area contributed by atoms with Crippen molar-refractivity contribution < 1.29 is 9.53 Å². The Balaban J connectivity index is 2.01. The van der Waals surface area contributed by atoms with E-state index in [9.17, 15) is 4.79 Å². The number of aromatic nitrogens is 1. The first-order chi connectivity index (χ1) is 10.6. The standard InChI is InChI=1S/C17H19N3O2/c1-19-8-11(17(18)21)7-12-13(19)9-20-6-5-10-3-4-14(22-2)15(12)16(10)20/h3-7,11,13H,8-9H2,1-2H3,(H2,18,21)/t11-,13?/m1/s1. The molecule has 0 spiro atoms. The first-order valence-corrected chi connectivity index (χ1v) is 7.47. The summed E-state index contributed by atoms with van der Waals surface area (Å²) in [5.41, 5.74) is 8.98. The topological polar surface area (TPSA) is 60.5 Å². The van der Waals surface area contributed by atoms with Crippen LogP contribution in [0.5, 0.6) is 5.75 Å². The van der Waals surface area contributed by atoms with Crippen molar-refractivity contribution in [3.63, 3.8) is 0 Å². The Kier molecular flexibility index (Phi) is 2.81. The van der Waals surface area contributed by atoms with E-state index in [1.165, 1.54) is 10.9 Å². The molecule has 2 aliphatic rings. The number of methoxy groups -OCH3 is 1. The van der Waals surface area contributed by atoms with Gasteiger partial charge in [0.25, 0.3) is 0 Å². The quantitative estimate of drug-likeness (QED) is 0.913. The molecule has 5 nitrogen and oxygen atoms in total. The highest BCUT2D eigenvalue weighted by Crippen LogP contribution is 2.43. The van der Waals surface area contributed by atoms with Gasteiger partial charge in [-0.25, -0.2) is 0 Å². The Labute approximate surface area is 128 Å². The molecule has 22 heavy (non-hydrogen) atoms. The summed E-state index contributed by atoms with van der Waals surface area (Å²) in [6.45, 7) is 1.55. The lowest BCUT2D eigenvalue weighted by Gasteiger charge is -2.40. The van der Waals surface area contributed by atoms with Gasteiger partial charge in [-0.1, -0.05) is 6.08 Å². The molecule has 5 heteroatoms. The van der Waals surface area contributed by atoms with Crippen molar-refractivity contribution >= 4 is 22.4 Å². The van der Waals surface area contributed by atoms with Crippen molar-refractivity contribution in [3.05, 3.63) is 36.0 Å². The number of amides is 1. The largest absolute Gasteiger partial charge is 0.496 e. The molecule has 3 heterocycles. The third kappa shape index (κ3) is 1.72. The number of primary amides is 1. The summed E-state index contributed by atoms with van der Waals surface area (Å²) in [7, 11) is 3.74. The molecular formula is C17H19N3O2. The van der Waals surface area contributed by atoms with E-state index in [1.54, 1.807) is 7.11 Å². The first kappa shape index (κ1) is 13.4. The van der Waals surface area contributed by atoms with Gasteiger partial charge in [0, 0.05) is 30.2 Å². The van der Waals surface area contributed by atoms with Gasteiger partial charge in [0.2, 0.25) is 5.91 Å². The molecule has 1 aromatic heterocycles. The smallest absolute Gasteiger partial charge is 0.225 e. The number of ether oxygens (including phenoxy) is 1. The van der Waals surface area contributed by atoms with Crippen LogP contribution in [0.15, 0.2) is 30.5 Å². The molecule has 0 radical (unpaired) electrons. The van der Waals surface area contributed by atoms with Gasteiger partial charge >= 0.3 is 0 Å². The molecule has 0 fully saturated rings. The molecule has 2 aromatic rings. The van der Waals surface area contributed by atoms with E-state index in [1.807, 2.05) is 12.1 Å². The molecule has 2 N–H and O–H groups in total. The summed E-state index contributed by atoms with van der Waals surface area (Å²) >= 11 is 0. The highest BCUT2D eigenvalue weighted by molar-refractivity contribution is 5.98. The van der Waals surface area contributed by atoms with Crippen LogP contribution >= 0.6 is 0 Å². The number of fused-ring (bicyclic) bond motifs is 2. The summed E-state index contributed by atoms with van der Waals surface area (Å²) in [5.74, 6) is 0.324. The summed E-state index contributed by atoms with van der Waals surface area (Å²) in [6, 6.07) is 6.45. The van der Waals surface area contributed by atoms with Crippen molar-refractivity contribution in [2.24, 2.45) is 11.7 Å². The van der Waals surface area contributed by atoms with Gasteiger partial charge in [-0.05, 0) is 30.8 Å². The zero-order valence-corrected chi connectivity index (χ0v) is 12.7. The van der Waals surface area contributed by atoms with Crippen LogP contribution in [0.1, 0.15) is 5.56 Å². The highest BCUT2D eigenvalue weighted by Gasteiger charge is 2.36. The summed E-state index contributed by atoms with van der Waals surface area (Å²) in [4.78, 5) is 13.9. The van der Waals surface area contributed by atoms with Crippen molar-refractivity contribution in [1.29, 1.82) is 0 Å². The minimum Gasteiger partial charge on any atom is -0.496 e. The predicted molar refractivity (Wildman–Crippen MR) is 85.6 cm³/mol. The fourth-order valence-corrected chi connectivity index (χ4v) is 3.78. The van der Waals surface area contributed by atoms with E-state index in [4.69, 9.17) is 10.5 Å². The van der Waals surface area contributed by atoms with Crippen LogP contribution in [-0.2, 0) is 11.3 Å². The minimum atomic E-state index is -0.273. The Morgan fingerprint density at radius 2 is 2.14 bits per heavy atom. The van der Waals surface area contributed by atoms with E-state index < -0.39 is 0 Å². The van der Waals surface area contributed by atoms with Crippen molar-refractivity contribution in [2.45, 2.75) is 12.6 Å². The second-order valence-electron chi connectivity index (χ2n) is 6.13. The van der Waals surface area contributed by atoms with Crippen molar-refractivity contribution in [2.75, 3.05) is 20.7 Å². The third-order valence-electron chi connectivity index (χ3n) is 4.89. The lowest BCUT2D eigenvalue weighted by Crippen LogP contribution is -2.46. The number of nitrogens with zero attached hydrogens (tertiary/aromatic N) is 2. The van der Waals surface area contributed by atoms with Crippen molar-refractivity contribution in [1.82, 2.24) is 9.47 Å². The SMILES string of the molecule is COc1ccc2ccn3c2c1C1=C[C@@H](C(N)=O)CN(C)C1C3. The molecule has 0 saturated carbocycles. The van der Waals surface area contributed by atoms with Crippen LogP contribution in [-0.4, -0.2) is 42.1 Å². The number of carbonyl (C=O) groups excluding carboxylic acids is 1. The van der Waals surface area contributed by atoms with Gasteiger partial charge in [-0.15, -0.1) is 0 Å². The molecule has 2 atom stereocenters. The van der Waals surface area contributed by atoms with Crippen LogP contribution in [0.2, 0.25) is 0 Å². The maximum Gasteiger partial charge on any atom is 0.225 e. The third-order valence-corrected chi connectivity index (χ3v) is 4.89. The second kappa shape index (κ2) is 4.61. The molecule has 1 amide bonds. The minimum absolute atomic E-state index is 0.245. The van der Waals surface area contributed by atoms with E-state index >= 15 is 0 Å². The van der Waals surface area contributed by atoms with E-state index in [-0.39, 0.29) is 17.9 Å². The van der Waals surface area contributed by atoms with Crippen LogP contribution < -0.4 is 10.5 Å². The Morgan fingerprint density at radius 1 is 1.32 bits per heavy atom. The van der Waals surface area contributed by atoms with Gasteiger partial charge < -0.3 is 15.0 Å². The Bertz CT molecular complexity index is 806. The fourth-order valence-electron chi connectivity index (χ4n) is 3.78. The lowest BCUT2D eigenvalue weighted by atomic mass is 9.85. The second-order valence-corrected chi connectivity index (χ2v) is 6.13. The molecule has 0 aliphatic carbocycles. The average molecular weight is 297 g/mol.